The minimum atomic E-state index is -1.77. The van der Waals surface area contributed by atoms with Gasteiger partial charge in [-0.3, -0.25) is 48.5 Å². The number of nitrogens with one attached hydrogen (secondary N) is 1. The standard InChI is InChI=1S/C44H58N2O21S/c1-25(47)58-22-34-39(63-30(6)52)41-42(68-24-44(67-41)21-33(60-27(3)49)38(62-29(5)51)40(66-44)35(61-28(4)50)23-59-26(2)48)43(65-34)57-20-12-8-7-11-19-45-36(53)13-9-10-14-37(54)64-32-17-15-31(16-18-32)46(55)56/h15-18,33-35,38-40,43H,7-14,19-24H2,1-6H3,(H,45,53)/t33-,34+,35+,38-,39-,40-,43-,44-/m0/s1. The van der Waals surface area contributed by atoms with E-state index in [9.17, 15) is 48.5 Å². The number of thioether (sulfide) groups is 1. The number of nitro benzene ring substituents is 1. The Balaban J connectivity index is 1.38. The Morgan fingerprint density at radius 2 is 1.47 bits per heavy atom. The molecule has 0 aromatic heterocycles. The smallest absolute Gasteiger partial charge is 0.311 e. The maximum absolute atomic E-state index is 12.5. The van der Waals surface area contributed by atoms with Gasteiger partial charge in [0.25, 0.3) is 5.69 Å². The predicted octanol–water partition coefficient (Wildman–Crippen LogP) is 3.79. The van der Waals surface area contributed by atoms with Crippen LogP contribution in [0.3, 0.4) is 0 Å². The minimum absolute atomic E-state index is 0.0121. The number of unbranched alkanes of at least 4 members (excludes halogenated alkanes) is 4. The predicted molar refractivity (Wildman–Crippen MR) is 232 cm³/mol. The molecular formula is C44H58N2O21S. The number of amides is 1. The number of hydrogen-bond acceptors (Lipinski definition) is 22. The van der Waals surface area contributed by atoms with Gasteiger partial charge >= 0.3 is 41.8 Å². The third-order valence-electron chi connectivity index (χ3n) is 10.1. The molecule has 4 rings (SSSR count). The lowest BCUT2D eigenvalue weighted by Gasteiger charge is -2.51. The first-order valence-electron chi connectivity index (χ1n) is 21.9. The van der Waals surface area contributed by atoms with Gasteiger partial charge in [-0.2, -0.15) is 0 Å². The Labute approximate surface area is 395 Å². The molecule has 1 aromatic carbocycles. The first kappa shape index (κ1) is 54.8. The molecule has 8 atom stereocenters. The maximum Gasteiger partial charge on any atom is 0.311 e. The van der Waals surface area contributed by atoms with E-state index in [1.165, 1.54) is 31.2 Å². The summed E-state index contributed by atoms with van der Waals surface area (Å²) in [6, 6.07) is 5.15. The highest BCUT2D eigenvalue weighted by molar-refractivity contribution is 8.03. The van der Waals surface area contributed by atoms with Gasteiger partial charge in [0.1, 0.15) is 37.3 Å². The normalized spacial score (nSPS) is 23.4. The summed E-state index contributed by atoms with van der Waals surface area (Å²) in [6.07, 6.45) is -5.49. The van der Waals surface area contributed by atoms with Crippen molar-refractivity contribution in [2.24, 2.45) is 0 Å². The first-order valence-corrected chi connectivity index (χ1v) is 22.9. The second kappa shape index (κ2) is 26.6. The highest BCUT2D eigenvalue weighted by Crippen LogP contribution is 2.49. The van der Waals surface area contributed by atoms with Gasteiger partial charge in [0, 0.05) is 73.1 Å². The lowest BCUT2D eigenvalue weighted by molar-refractivity contribution is -0.384. The molecule has 1 N–H and O–H groups in total. The topological polar surface area (TPSA) is 293 Å². The fraction of sp³-hybridized carbons (Fsp3) is 0.636. The van der Waals surface area contributed by atoms with Gasteiger partial charge in [-0.1, -0.05) is 12.8 Å². The molecule has 3 aliphatic heterocycles. The number of esters is 7. The van der Waals surface area contributed by atoms with E-state index in [1.54, 1.807) is 0 Å². The number of ether oxygens (including phenoxy) is 11. The van der Waals surface area contributed by atoms with Gasteiger partial charge in [0.15, 0.2) is 30.4 Å². The van der Waals surface area contributed by atoms with E-state index in [1.807, 2.05) is 0 Å². The Bertz CT molecular complexity index is 2010. The lowest BCUT2D eigenvalue weighted by Crippen LogP contribution is -2.64. The third-order valence-corrected chi connectivity index (χ3v) is 11.4. The van der Waals surface area contributed by atoms with Gasteiger partial charge < -0.3 is 57.4 Å². The van der Waals surface area contributed by atoms with Crippen molar-refractivity contribution in [3.8, 4) is 5.75 Å². The Morgan fingerprint density at radius 1 is 0.809 bits per heavy atom. The molecule has 3 aliphatic rings. The zero-order valence-corrected chi connectivity index (χ0v) is 39.5. The first-order chi connectivity index (χ1) is 32.2. The summed E-state index contributed by atoms with van der Waals surface area (Å²) in [5.41, 5.74) is -0.121. The van der Waals surface area contributed by atoms with Crippen LogP contribution < -0.4 is 10.1 Å². The molecule has 376 valence electrons. The summed E-state index contributed by atoms with van der Waals surface area (Å²) in [5, 5.41) is 13.7. The van der Waals surface area contributed by atoms with Crippen molar-refractivity contribution in [2.45, 2.75) is 148 Å². The van der Waals surface area contributed by atoms with Gasteiger partial charge in [-0.15, -0.1) is 11.8 Å². The lowest BCUT2D eigenvalue weighted by atomic mass is 9.92. The van der Waals surface area contributed by atoms with Crippen LogP contribution in [0.2, 0.25) is 0 Å². The summed E-state index contributed by atoms with van der Waals surface area (Å²) in [5.74, 6) is -6.75. The molecule has 1 saturated heterocycles. The van der Waals surface area contributed by atoms with E-state index in [0.717, 1.165) is 52.8 Å². The molecule has 0 radical (unpaired) electrons. The Kier molecular flexibility index (Phi) is 21.4. The van der Waals surface area contributed by atoms with Crippen LogP contribution in [0.15, 0.2) is 34.9 Å². The van der Waals surface area contributed by atoms with Crippen LogP contribution in [0.4, 0.5) is 5.69 Å². The van der Waals surface area contributed by atoms with Crippen LogP contribution >= 0.6 is 11.8 Å². The average Bonchev–Trinajstić information content (AvgIpc) is 3.25. The molecule has 68 heavy (non-hydrogen) atoms. The molecule has 1 amide bonds. The van der Waals surface area contributed by atoms with Gasteiger partial charge in [-0.05, 0) is 37.8 Å². The van der Waals surface area contributed by atoms with Crippen LogP contribution in [-0.2, 0) is 85.7 Å². The van der Waals surface area contributed by atoms with E-state index >= 15 is 0 Å². The van der Waals surface area contributed by atoms with E-state index in [2.05, 4.69) is 5.32 Å². The van der Waals surface area contributed by atoms with Crippen molar-refractivity contribution in [3.63, 3.8) is 0 Å². The Morgan fingerprint density at radius 3 is 2.10 bits per heavy atom. The second-order valence-electron chi connectivity index (χ2n) is 15.9. The van der Waals surface area contributed by atoms with Gasteiger partial charge in [0.05, 0.1) is 28.6 Å². The van der Waals surface area contributed by atoms with Crippen molar-refractivity contribution < 1.29 is 95.4 Å². The van der Waals surface area contributed by atoms with Crippen LogP contribution in [0.5, 0.6) is 5.75 Å². The number of hydrogen-bond donors (Lipinski definition) is 1. The molecule has 0 saturated carbocycles. The largest absolute Gasteiger partial charge is 0.463 e. The van der Waals surface area contributed by atoms with Crippen molar-refractivity contribution in [1.82, 2.24) is 5.32 Å². The maximum atomic E-state index is 12.5. The third kappa shape index (κ3) is 17.7. The van der Waals surface area contributed by atoms with Crippen LogP contribution in [0.1, 0.15) is 99.3 Å². The number of rotatable bonds is 24. The number of non-ortho nitro benzene ring substituents is 1. The summed E-state index contributed by atoms with van der Waals surface area (Å²) in [6.45, 7) is 6.52. The molecule has 0 unspecified atom stereocenters. The quantitative estimate of drug-likeness (QED) is 0.0385. The van der Waals surface area contributed by atoms with Crippen LogP contribution in [0.25, 0.3) is 0 Å². The fourth-order valence-corrected chi connectivity index (χ4v) is 8.48. The van der Waals surface area contributed by atoms with E-state index < -0.39 is 109 Å². The fourth-order valence-electron chi connectivity index (χ4n) is 7.30. The van der Waals surface area contributed by atoms with E-state index in [-0.39, 0.29) is 54.7 Å². The molecule has 0 bridgehead atoms. The average molecular weight is 983 g/mol. The molecule has 1 spiro atoms. The summed E-state index contributed by atoms with van der Waals surface area (Å²) in [4.78, 5) is 109. The van der Waals surface area contributed by atoms with Crippen LogP contribution in [-0.4, -0.2) is 133 Å². The van der Waals surface area contributed by atoms with Gasteiger partial charge in [-0.25, -0.2) is 0 Å². The zero-order chi connectivity index (χ0) is 50.0. The van der Waals surface area contributed by atoms with Crippen molar-refractivity contribution in [3.05, 3.63) is 45.0 Å². The van der Waals surface area contributed by atoms with Crippen molar-refractivity contribution in [1.29, 1.82) is 0 Å². The molecule has 1 aromatic rings. The van der Waals surface area contributed by atoms with E-state index in [4.69, 9.17) is 52.1 Å². The minimum Gasteiger partial charge on any atom is -0.463 e. The zero-order valence-electron chi connectivity index (χ0n) is 38.7. The number of nitrogens with zero attached hydrogens (tertiary/aromatic N) is 1. The van der Waals surface area contributed by atoms with Crippen LogP contribution in [0, 0.1) is 10.1 Å². The molecule has 24 heteroatoms. The molecule has 1 fully saturated rings. The number of carbonyl (C=O) groups excluding carboxylic acids is 8. The summed E-state index contributed by atoms with van der Waals surface area (Å²) in [7, 11) is 0. The number of nitro groups is 1. The molecule has 0 aliphatic carbocycles. The van der Waals surface area contributed by atoms with Crippen molar-refractivity contribution >= 4 is 65.1 Å². The van der Waals surface area contributed by atoms with Crippen molar-refractivity contribution in [2.75, 3.05) is 32.1 Å². The molecule has 3 heterocycles. The highest BCUT2D eigenvalue weighted by atomic mass is 32.2. The monoisotopic (exact) mass is 982 g/mol. The highest BCUT2D eigenvalue weighted by Gasteiger charge is 2.59. The number of carbonyl (C=O) groups is 8. The Hall–Kier alpha value is -5.85. The second-order valence-corrected chi connectivity index (χ2v) is 16.9. The summed E-state index contributed by atoms with van der Waals surface area (Å²) >= 11 is 1.14. The molecule has 23 nitrogen and oxygen atoms in total. The van der Waals surface area contributed by atoms with E-state index in [0.29, 0.717) is 43.6 Å². The SMILES string of the molecule is CC(=O)OC[C@@H](OC(C)=O)[C@@H]1O[C@@]2(CSC3=C(O2)[C@@H](OC(C)=O)[C@@H](COC(C)=O)O[C@@H]3OCCCCCCNC(=O)CCCCC(=O)Oc2ccc([N+](=O)[O-])cc2)C[C@H](OC(C)=O)[C@@H]1OC(C)=O. The molecular weight excluding hydrogens is 925 g/mol. The summed E-state index contributed by atoms with van der Waals surface area (Å²) < 4.78 is 63.7. The van der Waals surface area contributed by atoms with Gasteiger partial charge in [0.2, 0.25) is 11.7 Å². The number of benzene rings is 1.